The van der Waals surface area contributed by atoms with Crippen LogP contribution in [0.25, 0.3) is 16.6 Å². The molecule has 0 aliphatic rings. The maximum Gasteiger partial charge on any atom is 0.148 e. The molecule has 0 radical (unpaired) electrons. The molecule has 0 bridgehead atoms. The third kappa shape index (κ3) is 1.74. The Morgan fingerprint density at radius 1 is 1.12 bits per heavy atom. The van der Waals surface area contributed by atoms with Crippen LogP contribution < -0.4 is 0 Å². The van der Waals surface area contributed by atoms with Crippen molar-refractivity contribution in [1.82, 2.24) is 9.78 Å². The van der Waals surface area contributed by atoms with Crippen molar-refractivity contribution in [2.75, 3.05) is 0 Å². The Kier molecular flexibility index (Phi) is 2.44. The zero-order valence-electron chi connectivity index (χ0n) is 8.77. The lowest BCUT2D eigenvalue weighted by Crippen LogP contribution is -1.98. The first-order valence-corrected chi connectivity index (χ1v) is 5.93. The van der Waals surface area contributed by atoms with Crippen LogP contribution in [0, 0.1) is 5.82 Å². The number of halogens is 2. The summed E-state index contributed by atoms with van der Waals surface area (Å²) in [6.07, 6.45) is 1.73. The molecule has 0 amide bonds. The molecule has 0 fully saturated rings. The van der Waals surface area contributed by atoms with Crippen molar-refractivity contribution in [3.05, 3.63) is 59.0 Å². The Morgan fingerprint density at radius 2 is 1.94 bits per heavy atom. The van der Waals surface area contributed by atoms with Crippen LogP contribution in [0.4, 0.5) is 4.39 Å². The van der Waals surface area contributed by atoms with Crippen molar-refractivity contribution >= 4 is 26.8 Å². The van der Waals surface area contributed by atoms with Gasteiger partial charge in [0.1, 0.15) is 11.5 Å². The second-order valence-electron chi connectivity index (χ2n) is 3.71. The number of hydrogen-bond donors (Lipinski definition) is 0. The Hall–Kier alpha value is -1.68. The first kappa shape index (κ1) is 10.5. The lowest BCUT2D eigenvalue weighted by Gasteiger charge is -2.04. The van der Waals surface area contributed by atoms with E-state index in [1.807, 2.05) is 18.2 Å². The summed E-state index contributed by atoms with van der Waals surface area (Å²) < 4.78 is 16.3. The van der Waals surface area contributed by atoms with Gasteiger partial charge in [0.15, 0.2) is 0 Å². The zero-order valence-corrected chi connectivity index (χ0v) is 10.4. The molecule has 0 aliphatic carbocycles. The van der Waals surface area contributed by atoms with Gasteiger partial charge < -0.3 is 0 Å². The molecule has 0 N–H and O–H groups in total. The minimum atomic E-state index is -0.277. The van der Waals surface area contributed by atoms with E-state index in [4.69, 9.17) is 0 Å². The Balaban J connectivity index is 2.29. The standard InChI is InChI=1S/C13H8BrFN2/c14-10-5-6-12-9(7-10)8-16-17(12)13-4-2-1-3-11(13)15/h1-8H. The van der Waals surface area contributed by atoms with Crippen LogP contribution in [0.15, 0.2) is 53.1 Å². The number of benzene rings is 2. The average molecular weight is 291 g/mol. The van der Waals surface area contributed by atoms with Crippen LogP contribution in [0.3, 0.4) is 0 Å². The van der Waals surface area contributed by atoms with Gasteiger partial charge in [-0.05, 0) is 30.3 Å². The molecule has 0 atom stereocenters. The van der Waals surface area contributed by atoms with E-state index in [9.17, 15) is 4.39 Å². The molecule has 0 aliphatic heterocycles. The molecule has 0 spiro atoms. The van der Waals surface area contributed by atoms with E-state index >= 15 is 0 Å². The lowest BCUT2D eigenvalue weighted by atomic mass is 10.2. The van der Waals surface area contributed by atoms with Gasteiger partial charge in [0.2, 0.25) is 0 Å². The smallest absolute Gasteiger partial charge is 0.148 e. The molecule has 2 aromatic carbocycles. The summed E-state index contributed by atoms with van der Waals surface area (Å²) >= 11 is 3.40. The Labute approximate surface area is 106 Å². The van der Waals surface area contributed by atoms with Gasteiger partial charge in [-0.3, -0.25) is 0 Å². The van der Waals surface area contributed by atoms with Crippen LogP contribution in [0.5, 0.6) is 0 Å². The summed E-state index contributed by atoms with van der Waals surface area (Å²) in [5.41, 5.74) is 1.35. The molecular formula is C13H8BrFN2. The topological polar surface area (TPSA) is 17.8 Å². The molecule has 3 rings (SSSR count). The minimum absolute atomic E-state index is 0.277. The van der Waals surface area contributed by atoms with Gasteiger partial charge in [0.05, 0.1) is 11.7 Å². The highest BCUT2D eigenvalue weighted by atomic mass is 79.9. The summed E-state index contributed by atoms with van der Waals surface area (Å²) in [6, 6.07) is 12.4. The maximum absolute atomic E-state index is 13.7. The third-order valence-corrected chi connectivity index (χ3v) is 3.10. The zero-order chi connectivity index (χ0) is 11.8. The summed E-state index contributed by atoms with van der Waals surface area (Å²) in [7, 11) is 0. The van der Waals surface area contributed by atoms with E-state index in [2.05, 4.69) is 21.0 Å². The summed E-state index contributed by atoms with van der Waals surface area (Å²) in [4.78, 5) is 0. The van der Waals surface area contributed by atoms with Gasteiger partial charge in [0, 0.05) is 9.86 Å². The molecule has 3 aromatic rings. The molecule has 2 nitrogen and oxygen atoms in total. The molecule has 0 saturated carbocycles. The van der Waals surface area contributed by atoms with Gasteiger partial charge in [-0.1, -0.05) is 28.1 Å². The summed E-state index contributed by atoms with van der Waals surface area (Å²) in [5, 5.41) is 5.20. The van der Waals surface area contributed by atoms with E-state index in [1.165, 1.54) is 6.07 Å². The van der Waals surface area contributed by atoms with Crippen molar-refractivity contribution in [2.24, 2.45) is 0 Å². The van der Waals surface area contributed by atoms with Crippen molar-refractivity contribution in [1.29, 1.82) is 0 Å². The SMILES string of the molecule is Fc1ccccc1-n1ncc2cc(Br)ccc21. The van der Waals surface area contributed by atoms with Crippen molar-refractivity contribution < 1.29 is 4.39 Å². The predicted molar refractivity (Wildman–Crippen MR) is 68.7 cm³/mol. The Bertz CT molecular complexity index is 691. The van der Waals surface area contributed by atoms with Crippen LogP contribution in [-0.4, -0.2) is 9.78 Å². The fraction of sp³-hybridized carbons (Fsp3) is 0. The Morgan fingerprint density at radius 3 is 2.76 bits per heavy atom. The number of rotatable bonds is 1. The fourth-order valence-electron chi connectivity index (χ4n) is 1.82. The normalized spacial score (nSPS) is 10.9. The van der Waals surface area contributed by atoms with E-state index in [0.29, 0.717) is 5.69 Å². The van der Waals surface area contributed by atoms with Gasteiger partial charge in [-0.25, -0.2) is 9.07 Å². The molecule has 1 aromatic heterocycles. The van der Waals surface area contributed by atoms with Crippen molar-refractivity contribution in [3.63, 3.8) is 0 Å². The van der Waals surface area contributed by atoms with Crippen LogP contribution >= 0.6 is 15.9 Å². The number of para-hydroxylation sites is 1. The fourth-order valence-corrected chi connectivity index (χ4v) is 2.20. The van der Waals surface area contributed by atoms with Gasteiger partial charge in [-0.2, -0.15) is 5.10 Å². The van der Waals surface area contributed by atoms with Gasteiger partial charge >= 0.3 is 0 Å². The number of fused-ring (bicyclic) bond motifs is 1. The monoisotopic (exact) mass is 290 g/mol. The molecular weight excluding hydrogens is 283 g/mol. The van der Waals surface area contributed by atoms with Crippen molar-refractivity contribution in [3.8, 4) is 5.69 Å². The third-order valence-electron chi connectivity index (χ3n) is 2.61. The molecule has 84 valence electrons. The van der Waals surface area contributed by atoms with E-state index < -0.39 is 0 Å². The predicted octanol–water partition coefficient (Wildman–Crippen LogP) is 3.93. The van der Waals surface area contributed by atoms with Crippen LogP contribution in [0.2, 0.25) is 0 Å². The molecule has 1 heterocycles. The van der Waals surface area contributed by atoms with E-state index in [-0.39, 0.29) is 5.82 Å². The average Bonchev–Trinajstić information content (AvgIpc) is 2.72. The number of hydrogen-bond acceptors (Lipinski definition) is 1. The summed E-state index contributed by atoms with van der Waals surface area (Å²) in [5.74, 6) is -0.277. The van der Waals surface area contributed by atoms with E-state index in [0.717, 1.165) is 15.4 Å². The highest BCUT2D eigenvalue weighted by Gasteiger charge is 2.08. The van der Waals surface area contributed by atoms with Gasteiger partial charge in [-0.15, -0.1) is 0 Å². The maximum atomic E-state index is 13.7. The highest BCUT2D eigenvalue weighted by molar-refractivity contribution is 9.10. The second-order valence-corrected chi connectivity index (χ2v) is 4.63. The molecule has 0 saturated heterocycles. The molecule has 0 unspecified atom stereocenters. The summed E-state index contributed by atoms with van der Waals surface area (Å²) in [6.45, 7) is 0. The van der Waals surface area contributed by atoms with Gasteiger partial charge in [0.25, 0.3) is 0 Å². The largest absolute Gasteiger partial charge is 0.230 e. The number of aromatic nitrogens is 2. The lowest BCUT2D eigenvalue weighted by molar-refractivity contribution is 0.613. The first-order valence-electron chi connectivity index (χ1n) is 5.14. The van der Waals surface area contributed by atoms with Crippen molar-refractivity contribution in [2.45, 2.75) is 0 Å². The number of nitrogens with zero attached hydrogens (tertiary/aromatic N) is 2. The second kappa shape index (κ2) is 3.96. The molecule has 17 heavy (non-hydrogen) atoms. The molecule has 4 heteroatoms. The quantitative estimate of drug-likeness (QED) is 0.664. The highest BCUT2D eigenvalue weighted by Crippen LogP contribution is 2.23. The van der Waals surface area contributed by atoms with Crippen LogP contribution in [-0.2, 0) is 0 Å². The van der Waals surface area contributed by atoms with E-state index in [1.54, 1.807) is 29.1 Å². The van der Waals surface area contributed by atoms with Crippen LogP contribution in [0.1, 0.15) is 0 Å². The first-order chi connectivity index (χ1) is 8.25. The minimum Gasteiger partial charge on any atom is -0.230 e.